The summed E-state index contributed by atoms with van der Waals surface area (Å²) in [5.74, 6) is 3.50. The standard InChI is InChI=1S/C25H26N4O3S/c30-23(28-12-4-7-20(28)18-10-11-21-22(15-18)32-14-13-31-21)16-33-25-26-24(17-8-9-17)29(27-25)19-5-2-1-3-6-19/h1-3,5-6,10-11,15,17,20H,4,7-9,12-14,16H2/t20-/m1/s1. The third-order valence-electron chi connectivity index (χ3n) is 6.40. The number of nitrogens with zero attached hydrogens (tertiary/aromatic N) is 4. The highest BCUT2D eigenvalue weighted by atomic mass is 32.2. The van der Waals surface area contributed by atoms with E-state index in [0.29, 0.717) is 30.0 Å². The molecule has 1 aromatic heterocycles. The van der Waals surface area contributed by atoms with Crippen molar-refractivity contribution in [3.63, 3.8) is 0 Å². The summed E-state index contributed by atoms with van der Waals surface area (Å²) in [6.07, 6.45) is 4.27. The van der Waals surface area contributed by atoms with Crippen molar-refractivity contribution in [2.45, 2.75) is 42.8 Å². The minimum atomic E-state index is 0.0748. The molecule has 1 saturated carbocycles. The van der Waals surface area contributed by atoms with E-state index in [2.05, 4.69) is 6.07 Å². The summed E-state index contributed by atoms with van der Waals surface area (Å²) in [4.78, 5) is 20.0. The van der Waals surface area contributed by atoms with E-state index in [-0.39, 0.29) is 11.9 Å². The van der Waals surface area contributed by atoms with E-state index in [1.54, 1.807) is 0 Å². The zero-order valence-corrected chi connectivity index (χ0v) is 19.2. The van der Waals surface area contributed by atoms with E-state index >= 15 is 0 Å². The summed E-state index contributed by atoms with van der Waals surface area (Å²) in [7, 11) is 0. The highest BCUT2D eigenvalue weighted by Gasteiger charge is 2.33. The van der Waals surface area contributed by atoms with Gasteiger partial charge in [-0.1, -0.05) is 36.0 Å². The van der Waals surface area contributed by atoms with Gasteiger partial charge < -0.3 is 14.4 Å². The molecule has 6 rings (SSSR count). The van der Waals surface area contributed by atoms with E-state index in [9.17, 15) is 4.79 Å². The van der Waals surface area contributed by atoms with Gasteiger partial charge in [0.05, 0.1) is 17.5 Å². The van der Waals surface area contributed by atoms with E-state index < -0.39 is 0 Å². The Bertz CT molecular complexity index is 1160. The number of hydrogen-bond acceptors (Lipinski definition) is 6. The Morgan fingerprint density at radius 3 is 2.67 bits per heavy atom. The molecule has 1 saturated heterocycles. The van der Waals surface area contributed by atoms with Crippen LogP contribution in [0.25, 0.3) is 5.69 Å². The normalized spacial score (nSPS) is 19.6. The number of rotatable bonds is 6. The zero-order valence-electron chi connectivity index (χ0n) is 18.4. The average Bonchev–Trinajstić information content (AvgIpc) is 3.43. The smallest absolute Gasteiger partial charge is 0.233 e. The highest BCUT2D eigenvalue weighted by molar-refractivity contribution is 7.99. The Hall–Kier alpha value is -3.00. The lowest BCUT2D eigenvalue weighted by Crippen LogP contribution is -2.32. The molecule has 170 valence electrons. The maximum atomic E-state index is 13.2. The molecule has 1 amide bonds. The maximum absolute atomic E-state index is 13.2. The molecule has 1 aliphatic carbocycles. The topological polar surface area (TPSA) is 69.5 Å². The van der Waals surface area contributed by atoms with Gasteiger partial charge in [0.15, 0.2) is 11.5 Å². The number of carbonyl (C=O) groups excluding carboxylic acids is 1. The summed E-state index contributed by atoms with van der Waals surface area (Å²) >= 11 is 1.43. The van der Waals surface area contributed by atoms with Crippen LogP contribution in [0.4, 0.5) is 0 Å². The van der Waals surface area contributed by atoms with Crippen LogP contribution in [0.15, 0.2) is 53.7 Å². The molecule has 33 heavy (non-hydrogen) atoms. The van der Waals surface area contributed by atoms with Gasteiger partial charge in [-0.15, -0.1) is 5.10 Å². The molecule has 7 nitrogen and oxygen atoms in total. The van der Waals surface area contributed by atoms with Gasteiger partial charge in [0.1, 0.15) is 19.0 Å². The SMILES string of the molecule is O=C(CSc1nc(C2CC2)n(-c2ccccc2)n1)N1CCC[C@@H]1c1ccc2c(c1)OCCO2. The molecule has 1 atom stereocenters. The summed E-state index contributed by atoms with van der Waals surface area (Å²) in [5.41, 5.74) is 2.13. The van der Waals surface area contributed by atoms with Gasteiger partial charge in [-0.3, -0.25) is 4.79 Å². The molecule has 2 fully saturated rings. The van der Waals surface area contributed by atoms with Crippen LogP contribution in [-0.2, 0) is 4.79 Å². The lowest BCUT2D eigenvalue weighted by Gasteiger charge is -2.26. The van der Waals surface area contributed by atoms with Crippen molar-refractivity contribution in [2.24, 2.45) is 0 Å². The number of aromatic nitrogens is 3. The van der Waals surface area contributed by atoms with Crippen LogP contribution < -0.4 is 9.47 Å². The Morgan fingerprint density at radius 2 is 1.85 bits per heavy atom. The van der Waals surface area contributed by atoms with Crippen LogP contribution >= 0.6 is 11.8 Å². The number of fused-ring (bicyclic) bond motifs is 1. The molecule has 0 N–H and O–H groups in total. The second kappa shape index (κ2) is 8.74. The Labute approximate surface area is 197 Å². The summed E-state index contributed by atoms with van der Waals surface area (Å²) in [5, 5.41) is 5.40. The number of carbonyl (C=O) groups is 1. The van der Waals surface area contributed by atoms with Gasteiger partial charge in [-0.25, -0.2) is 9.67 Å². The van der Waals surface area contributed by atoms with E-state index in [1.165, 1.54) is 11.8 Å². The number of benzene rings is 2. The Kier molecular flexibility index (Phi) is 5.46. The number of hydrogen-bond donors (Lipinski definition) is 0. The zero-order chi connectivity index (χ0) is 22.2. The number of likely N-dealkylation sites (tertiary alicyclic amines) is 1. The molecule has 2 aliphatic heterocycles. The minimum Gasteiger partial charge on any atom is -0.486 e. The van der Waals surface area contributed by atoms with Crippen LogP contribution in [0, 0.1) is 0 Å². The fraction of sp³-hybridized carbons (Fsp3) is 0.400. The Morgan fingerprint density at radius 1 is 1.03 bits per heavy atom. The molecular formula is C25H26N4O3S. The first-order valence-electron chi connectivity index (χ1n) is 11.6. The number of amides is 1. The minimum absolute atomic E-state index is 0.0748. The average molecular weight is 463 g/mol. The lowest BCUT2D eigenvalue weighted by molar-refractivity contribution is -0.129. The van der Waals surface area contributed by atoms with Crippen molar-refractivity contribution in [1.82, 2.24) is 19.7 Å². The molecule has 2 aromatic carbocycles. The van der Waals surface area contributed by atoms with Crippen molar-refractivity contribution < 1.29 is 14.3 Å². The largest absolute Gasteiger partial charge is 0.486 e. The molecule has 0 spiro atoms. The van der Waals surface area contributed by atoms with Crippen molar-refractivity contribution in [3.05, 3.63) is 59.9 Å². The first-order chi connectivity index (χ1) is 16.3. The van der Waals surface area contributed by atoms with E-state index in [1.807, 2.05) is 52.0 Å². The molecule has 3 aromatic rings. The van der Waals surface area contributed by atoms with Gasteiger partial charge in [0.25, 0.3) is 0 Å². The van der Waals surface area contributed by atoms with Crippen LogP contribution in [0.5, 0.6) is 11.5 Å². The monoisotopic (exact) mass is 462 g/mol. The predicted molar refractivity (Wildman–Crippen MR) is 125 cm³/mol. The van der Waals surface area contributed by atoms with Gasteiger partial charge in [0, 0.05) is 12.5 Å². The van der Waals surface area contributed by atoms with Gasteiger partial charge in [0.2, 0.25) is 11.1 Å². The second-order valence-electron chi connectivity index (χ2n) is 8.71. The summed E-state index contributed by atoms with van der Waals surface area (Å²) < 4.78 is 13.3. The molecule has 3 heterocycles. The van der Waals surface area contributed by atoms with Crippen LogP contribution in [0.1, 0.15) is 49.0 Å². The first-order valence-corrected chi connectivity index (χ1v) is 12.6. The third kappa shape index (κ3) is 4.19. The Balaban J connectivity index is 1.16. The third-order valence-corrected chi connectivity index (χ3v) is 7.23. The fourth-order valence-electron chi connectivity index (χ4n) is 4.62. The number of thioether (sulfide) groups is 1. The molecule has 3 aliphatic rings. The van der Waals surface area contributed by atoms with Crippen LogP contribution in [-0.4, -0.2) is 51.1 Å². The fourth-order valence-corrected chi connectivity index (χ4v) is 5.33. The van der Waals surface area contributed by atoms with Gasteiger partial charge in [-0.05, 0) is 55.5 Å². The first kappa shape index (κ1) is 20.6. The van der Waals surface area contributed by atoms with Crippen molar-refractivity contribution >= 4 is 17.7 Å². The molecule has 0 radical (unpaired) electrons. The molecular weight excluding hydrogens is 436 g/mol. The lowest BCUT2D eigenvalue weighted by atomic mass is 10.0. The van der Waals surface area contributed by atoms with E-state index in [4.69, 9.17) is 19.6 Å². The van der Waals surface area contributed by atoms with Crippen LogP contribution in [0.3, 0.4) is 0 Å². The van der Waals surface area contributed by atoms with E-state index in [0.717, 1.165) is 60.8 Å². The summed E-state index contributed by atoms with van der Waals surface area (Å²) in [6.45, 7) is 1.91. The molecule has 0 bridgehead atoms. The van der Waals surface area contributed by atoms with Crippen molar-refractivity contribution in [1.29, 1.82) is 0 Å². The summed E-state index contributed by atoms with van der Waals surface area (Å²) in [6, 6.07) is 16.2. The predicted octanol–water partition coefficient (Wildman–Crippen LogP) is 4.37. The molecule has 0 unspecified atom stereocenters. The van der Waals surface area contributed by atoms with Crippen LogP contribution in [0.2, 0.25) is 0 Å². The van der Waals surface area contributed by atoms with Gasteiger partial charge in [-0.2, -0.15) is 0 Å². The number of para-hydroxylation sites is 1. The molecule has 8 heteroatoms. The second-order valence-corrected chi connectivity index (χ2v) is 9.65. The number of ether oxygens (including phenoxy) is 2. The van der Waals surface area contributed by atoms with Crippen molar-refractivity contribution in [3.8, 4) is 17.2 Å². The highest BCUT2D eigenvalue weighted by Crippen LogP contribution is 2.41. The maximum Gasteiger partial charge on any atom is 0.233 e. The van der Waals surface area contributed by atoms with Crippen molar-refractivity contribution in [2.75, 3.05) is 25.5 Å². The van der Waals surface area contributed by atoms with Gasteiger partial charge >= 0.3 is 0 Å². The quantitative estimate of drug-likeness (QED) is 0.507.